The summed E-state index contributed by atoms with van der Waals surface area (Å²) in [5, 5.41) is 3.21. The second-order valence-electron chi connectivity index (χ2n) is 5.68. The van der Waals surface area contributed by atoms with Crippen molar-refractivity contribution >= 4 is 17.6 Å². The van der Waals surface area contributed by atoms with Gasteiger partial charge in [-0.15, -0.1) is 0 Å². The highest BCUT2D eigenvalue weighted by Crippen LogP contribution is 2.31. The van der Waals surface area contributed by atoms with E-state index in [1.165, 1.54) is 20.3 Å². The Morgan fingerprint density at radius 3 is 2.12 bits per heavy atom. The fourth-order valence-corrected chi connectivity index (χ4v) is 2.56. The first kappa shape index (κ1) is 17.6. The van der Waals surface area contributed by atoms with E-state index in [9.17, 15) is 9.59 Å². The lowest BCUT2D eigenvalue weighted by Crippen LogP contribution is -2.31. The van der Waals surface area contributed by atoms with Gasteiger partial charge in [-0.2, -0.15) is 0 Å². The van der Waals surface area contributed by atoms with Crippen molar-refractivity contribution in [1.82, 2.24) is 5.32 Å². The number of dihydropyridines is 1. The molecule has 6 nitrogen and oxygen atoms in total. The Morgan fingerprint density at radius 1 is 1.04 bits per heavy atom. The molecule has 1 unspecified atom stereocenters. The summed E-state index contributed by atoms with van der Waals surface area (Å²) in [5.41, 5.74) is 3.29. The Hall–Kier alpha value is -2.76. The summed E-state index contributed by atoms with van der Waals surface area (Å²) >= 11 is 0. The lowest BCUT2D eigenvalue weighted by atomic mass is 9.92. The molecule has 0 aromatic heterocycles. The normalized spacial score (nSPS) is 16.9. The molecule has 2 rings (SSSR count). The molecule has 1 aromatic carbocycles. The van der Waals surface area contributed by atoms with Crippen molar-refractivity contribution < 1.29 is 19.1 Å². The molecular formula is C18H22N2O4. The number of methoxy groups -OCH3 is 2. The van der Waals surface area contributed by atoms with E-state index in [0.717, 1.165) is 11.3 Å². The fourth-order valence-electron chi connectivity index (χ4n) is 2.56. The molecule has 0 bridgehead atoms. The summed E-state index contributed by atoms with van der Waals surface area (Å²) in [6.45, 7) is 1.78. The second kappa shape index (κ2) is 7.21. The van der Waals surface area contributed by atoms with Crippen LogP contribution in [0.4, 0.5) is 5.69 Å². The van der Waals surface area contributed by atoms with Gasteiger partial charge in [0.2, 0.25) is 0 Å². The largest absolute Gasteiger partial charge is 0.466 e. The molecular weight excluding hydrogens is 308 g/mol. The van der Waals surface area contributed by atoms with Crippen LogP contribution in [0.15, 0.2) is 47.2 Å². The Labute approximate surface area is 141 Å². The first-order valence-corrected chi connectivity index (χ1v) is 7.52. The van der Waals surface area contributed by atoms with Gasteiger partial charge in [0, 0.05) is 25.5 Å². The van der Waals surface area contributed by atoms with Gasteiger partial charge in [-0.25, -0.2) is 9.59 Å². The van der Waals surface area contributed by atoms with E-state index in [4.69, 9.17) is 9.47 Å². The number of nitrogens with one attached hydrogen (secondary N) is 1. The molecule has 1 aliphatic heterocycles. The van der Waals surface area contributed by atoms with Gasteiger partial charge < -0.3 is 19.7 Å². The molecule has 0 aliphatic carbocycles. The van der Waals surface area contributed by atoms with Crippen LogP contribution in [0.1, 0.15) is 18.5 Å². The summed E-state index contributed by atoms with van der Waals surface area (Å²) < 4.78 is 9.64. The first-order valence-electron chi connectivity index (χ1n) is 7.52. The van der Waals surface area contributed by atoms with Crippen LogP contribution in [0.2, 0.25) is 0 Å². The average molecular weight is 330 g/mol. The van der Waals surface area contributed by atoms with Crippen LogP contribution in [0.25, 0.3) is 0 Å². The van der Waals surface area contributed by atoms with Crippen molar-refractivity contribution in [2.24, 2.45) is 0 Å². The molecule has 1 aliphatic rings. The number of allylic oxidation sites excluding steroid dienone is 1. The van der Waals surface area contributed by atoms with Gasteiger partial charge in [0.1, 0.15) is 0 Å². The standard InChI is InChI=1S/C18H22N2O4/c1-11-14(17(21)23-4)10-15(18(22)24-5)16(19-11)12-6-8-13(9-7-12)20(2)3/h6-10,16,19H,1-5H3. The van der Waals surface area contributed by atoms with Crippen molar-refractivity contribution in [3.8, 4) is 0 Å². The zero-order chi connectivity index (χ0) is 17.9. The van der Waals surface area contributed by atoms with Crippen LogP contribution in [-0.4, -0.2) is 40.3 Å². The van der Waals surface area contributed by atoms with Crippen molar-refractivity contribution in [3.63, 3.8) is 0 Å². The van der Waals surface area contributed by atoms with E-state index in [1.54, 1.807) is 6.92 Å². The lowest BCUT2D eigenvalue weighted by Gasteiger charge is -2.27. The van der Waals surface area contributed by atoms with Gasteiger partial charge in [0.05, 0.1) is 31.4 Å². The third kappa shape index (κ3) is 3.42. The molecule has 24 heavy (non-hydrogen) atoms. The quantitative estimate of drug-likeness (QED) is 0.851. The van der Waals surface area contributed by atoms with Crippen molar-refractivity contribution in [2.75, 3.05) is 33.2 Å². The summed E-state index contributed by atoms with van der Waals surface area (Å²) in [6, 6.07) is 7.45. The minimum atomic E-state index is -0.497. The molecule has 1 aromatic rings. The number of esters is 2. The van der Waals surface area contributed by atoms with E-state index in [2.05, 4.69) is 5.32 Å². The van der Waals surface area contributed by atoms with Gasteiger partial charge in [0.25, 0.3) is 0 Å². The Balaban J connectivity index is 2.43. The number of benzene rings is 1. The molecule has 6 heteroatoms. The molecule has 128 valence electrons. The molecule has 0 spiro atoms. The zero-order valence-corrected chi connectivity index (χ0v) is 14.5. The topological polar surface area (TPSA) is 67.9 Å². The van der Waals surface area contributed by atoms with Crippen LogP contribution < -0.4 is 10.2 Å². The minimum Gasteiger partial charge on any atom is -0.466 e. The highest BCUT2D eigenvalue weighted by Gasteiger charge is 2.30. The predicted octanol–water partition coefficient (Wildman–Crippen LogP) is 1.94. The molecule has 1 atom stereocenters. The van der Waals surface area contributed by atoms with Gasteiger partial charge in [-0.3, -0.25) is 0 Å². The highest BCUT2D eigenvalue weighted by molar-refractivity contribution is 5.98. The molecule has 0 amide bonds. The maximum absolute atomic E-state index is 12.2. The minimum absolute atomic E-state index is 0.319. The number of carbonyl (C=O) groups is 2. The van der Waals surface area contributed by atoms with E-state index in [-0.39, 0.29) is 6.04 Å². The Kier molecular flexibility index (Phi) is 5.28. The average Bonchev–Trinajstić information content (AvgIpc) is 2.60. The third-order valence-electron chi connectivity index (χ3n) is 3.94. The molecule has 1 N–H and O–H groups in total. The predicted molar refractivity (Wildman–Crippen MR) is 91.5 cm³/mol. The van der Waals surface area contributed by atoms with Gasteiger partial charge >= 0.3 is 11.9 Å². The van der Waals surface area contributed by atoms with E-state index >= 15 is 0 Å². The van der Waals surface area contributed by atoms with Crippen molar-refractivity contribution in [3.05, 3.63) is 52.7 Å². The summed E-state index contributed by atoms with van der Waals surface area (Å²) in [7, 11) is 6.55. The van der Waals surface area contributed by atoms with Crippen LogP contribution in [0.3, 0.4) is 0 Å². The first-order chi connectivity index (χ1) is 11.4. The summed E-state index contributed by atoms with van der Waals surface area (Å²) in [4.78, 5) is 26.0. The summed E-state index contributed by atoms with van der Waals surface area (Å²) in [5.74, 6) is -0.985. The number of hydrogen-bond acceptors (Lipinski definition) is 6. The van der Waals surface area contributed by atoms with Crippen LogP contribution in [0, 0.1) is 0 Å². The number of anilines is 1. The van der Waals surface area contributed by atoms with Crippen LogP contribution >= 0.6 is 0 Å². The Bertz CT molecular complexity index is 702. The third-order valence-corrected chi connectivity index (χ3v) is 3.94. The van der Waals surface area contributed by atoms with E-state index in [0.29, 0.717) is 16.8 Å². The molecule has 0 fully saturated rings. The maximum atomic E-state index is 12.2. The van der Waals surface area contributed by atoms with Gasteiger partial charge in [0.15, 0.2) is 0 Å². The molecule has 0 saturated heterocycles. The molecule has 0 saturated carbocycles. The number of nitrogens with zero attached hydrogens (tertiary/aromatic N) is 1. The highest BCUT2D eigenvalue weighted by atomic mass is 16.5. The van der Waals surface area contributed by atoms with Gasteiger partial charge in [-0.05, 0) is 30.7 Å². The number of carbonyl (C=O) groups excluding carboxylic acids is 2. The lowest BCUT2D eigenvalue weighted by molar-refractivity contribution is -0.136. The second-order valence-corrected chi connectivity index (χ2v) is 5.68. The van der Waals surface area contributed by atoms with Gasteiger partial charge in [-0.1, -0.05) is 12.1 Å². The number of rotatable bonds is 4. The molecule has 0 radical (unpaired) electrons. The smallest absolute Gasteiger partial charge is 0.339 e. The van der Waals surface area contributed by atoms with Crippen LogP contribution in [-0.2, 0) is 19.1 Å². The van der Waals surface area contributed by atoms with E-state index in [1.807, 2.05) is 43.3 Å². The SMILES string of the molecule is COC(=O)C1=CC(C(=O)OC)=C(C)NC1c1ccc(N(C)C)cc1. The number of hydrogen-bond donors (Lipinski definition) is 1. The maximum Gasteiger partial charge on any atom is 0.339 e. The van der Waals surface area contributed by atoms with E-state index < -0.39 is 11.9 Å². The fraction of sp³-hybridized carbons (Fsp3) is 0.333. The van der Waals surface area contributed by atoms with Crippen molar-refractivity contribution in [2.45, 2.75) is 13.0 Å². The van der Waals surface area contributed by atoms with Crippen LogP contribution in [0.5, 0.6) is 0 Å². The summed E-state index contributed by atoms with van der Waals surface area (Å²) in [6.07, 6.45) is 1.54. The van der Waals surface area contributed by atoms with Crippen molar-refractivity contribution in [1.29, 1.82) is 0 Å². The molecule has 1 heterocycles. The Morgan fingerprint density at radius 2 is 1.62 bits per heavy atom. The zero-order valence-electron chi connectivity index (χ0n) is 14.5. The number of ether oxygens (including phenoxy) is 2. The monoisotopic (exact) mass is 330 g/mol.